The average Bonchev–Trinajstić information content (AvgIpc) is 3.04. The molecular formula is C46H66O7. The van der Waals surface area contributed by atoms with E-state index < -0.39 is 42.4 Å². The zero-order valence-corrected chi connectivity index (χ0v) is 33.8. The number of hydrogen-bond donors (Lipinski definition) is 5. The van der Waals surface area contributed by atoms with Crippen LogP contribution in [-0.4, -0.2) is 74.0 Å². The van der Waals surface area contributed by atoms with Crippen molar-refractivity contribution in [3.05, 3.63) is 142 Å². The first-order valence-corrected chi connectivity index (χ1v) is 18.6. The Morgan fingerprint density at radius 1 is 0.717 bits per heavy atom. The first kappa shape index (κ1) is 45.8. The van der Waals surface area contributed by atoms with Crippen LogP contribution in [0.1, 0.15) is 89.0 Å². The summed E-state index contributed by atoms with van der Waals surface area (Å²) in [6.45, 7) is 21.5. The van der Waals surface area contributed by atoms with Crippen molar-refractivity contribution in [2.24, 2.45) is 5.41 Å². The topological polar surface area (TPSA) is 120 Å². The van der Waals surface area contributed by atoms with Gasteiger partial charge in [0.15, 0.2) is 6.29 Å². The lowest BCUT2D eigenvalue weighted by molar-refractivity contribution is -0.309. The van der Waals surface area contributed by atoms with Crippen LogP contribution in [0, 0.1) is 5.41 Å². The van der Waals surface area contributed by atoms with E-state index in [1.807, 2.05) is 62.5 Å². The third-order valence-electron chi connectivity index (χ3n) is 9.29. The second kappa shape index (κ2) is 21.5. The van der Waals surface area contributed by atoms with E-state index in [1.54, 1.807) is 26.8 Å². The summed E-state index contributed by atoms with van der Waals surface area (Å²) in [7, 11) is 0. The highest BCUT2D eigenvalue weighted by molar-refractivity contribution is 5.38. The predicted octanol–water partition coefficient (Wildman–Crippen LogP) is 8.54. The van der Waals surface area contributed by atoms with Gasteiger partial charge in [-0.25, -0.2) is 0 Å². The van der Waals surface area contributed by atoms with E-state index in [0.717, 1.165) is 35.1 Å². The van der Waals surface area contributed by atoms with Gasteiger partial charge in [0.1, 0.15) is 24.4 Å². The highest BCUT2D eigenvalue weighted by Gasteiger charge is 2.44. The number of ether oxygens (including phenoxy) is 2. The molecule has 0 aromatic carbocycles. The second-order valence-electron chi connectivity index (χ2n) is 15.7. The summed E-state index contributed by atoms with van der Waals surface area (Å²) in [6, 6.07) is 0. The Morgan fingerprint density at radius 3 is 1.64 bits per heavy atom. The van der Waals surface area contributed by atoms with Gasteiger partial charge in [-0.15, -0.1) is 0 Å². The van der Waals surface area contributed by atoms with E-state index in [4.69, 9.17) is 9.47 Å². The van der Waals surface area contributed by atoms with Gasteiger partial charge < -0.3 is 35.0 Å². The van der Waals surface area contributed by atoms with Gasteiger partial charge in [0.2, 0.25) is 0 Å². The number of allylic oxidation sites excluding steroid dienone is 22. The maximum atomic E-state index is 10.7. The van der Waals surface area contributed by atoms with Crippen LogP contribution in [0.25, 0.3) is 0 Å². The summed E-state index contributed by atoms with van der Waals surface area (Å²) in [6.07, 6.45) is 28.8. The summed E-state index contributed by atoms with van der Waals surface area (Å²) in [5, 5.41) is 51.2. The molecular weight excluding hydrogens is 664 g/mol. The lowest BCUT2D eigenvalue weighted by Crippen LogP contribution is -2.58. The van der Waals surface area contributed by atoms with Gasteiger partial charge in [-0.05, 0) is 86.1 Å². The Kier molecular flexibility index (Phi) is 18.5. The zero-order chi connectivity index (χ0) is 39.9. The van der Waals surface area contributed by atoms with Crippen molar-refractivity contribution >= 4 is 0 Å². The summed E-state index contributed by atoms with van der Waals surface area (Å²) in [5.41, 5.74) is 6.72. The normalized spacial score (nSPS) is 28.3. The Labute approximate surface area is 319 Å². The van der Waals surface area contributed by atoms with E-state index >= 15 is 0 Å². The number of hydrogen-bond acceptors (Lipinski definition) is 7. The van der Waals surface area contributed by atoms with Gasteiger partial charge in [0.05, 0.1) is 17.8 Å². The predicted molar refractivity (Wildman–Crippen MR) is 219 cm³/mol. The van der Waals surface area contributed by atoms with Crippen molar-refractivity contribution in [1.29, 1.82) is 0 Å². The molecule has 7 nitrogen and oxygen atoms in total. The molecule has 1 aliphatic carbocycles. The van der Waals surface area contributed by atoms with Crippen molar-refractivity contribution in [3.63, 3.8) is 0 Å². The molecule has 0 bridgehead atoms. The molecule has 2 rings (SSSR count). The second-order valence-corrected chi connectivity index (χ2v) is 15.7. The fraction of sp³-hybridized carbons (Fsp3) is 0.478. The van der Waals surface area contributed by atoms with Crippen LogP contribution in [0.4, 0.5) is 0 Å². The molecule has 2 aliphatic rings. The highest BCUT2D eigenvalue weighted by Crippen LogP contribution is 2.41. The molecule has 5 N–H and O–H groups in total. The fourth-order valence-electron chi connectivity index (χ4n) is 6.10. The largest absolute Gasteiger partial charge is 0.393 e. The Morgan fingerprint density at radius 2 is 1.17 bits per heavy atom. The maximum absolute atomic E-state index is 10.7. The summed E-state index contributed by atoms with van der Waals surface area (Å²) in [4.78, 5) is 0. The number of aliphatic hydroxyl groups excluding tert-OH is 4. The maximum Gasteiger partial charge on any atom is 0.187 e. The van der Waals surface area contributed by atoms with Gasteiger partial charge in [-0.3, -0.25) is 0 Å². The van der Waals surface area contributed by atoms with Crippen molar-refractivity contribution in [3.8, 4) is 0 Å². The Bertz CT molecular complexity index is 1580. The third kappa shape index (κ3) is 16.2. The van der Waals surface area contributed by atoms with Crippen LogP contribution in [0.2, 0.25) is 0 Å². The molecule has 0 aromatic heterocycles. The molecule has 0 amide bonds. The molecule has 7 atom stereocenters. The summed E-state index contributed by atoms with van der Waals surface area (Å²) in [5.74, 6) is 0. The minimum atomic E-state index is -1.45. The number of aliphatic hydroxyl groups is 5. The van der Waals surface area contributed by atoms with Gasteiger partial charge in [0.25, 0.3) is 0 Å². The molecule has 0 saturated carbocycles. The van der Waals surface area contributed by atoms with Crippen molar-refractivity contribution in [2.45, 2.75) is 138 Å². The third-order valence-corrected chi connectivity index (χ3v) is 9.29. The molecule has 1 saturated heterocycles. The smallest absolute Gasteiger partial charge is 0.187 e. The molecule has 0 radical (unpaired) electrons. The lowest BCUT2D eigenvalue weighted by atomic mass is 9.71. The lowest BCUT2D eigenvalue weighted by Gasteiger charge is -2.41. The van der Waals surface area contributed by atoms with Gasteiger partial charge in [-0.2, -0.15) is 0 Å². The van der Waals surface area contributed by atoms with Crippen LogP contribution in [0.5, 0.6) is 0 Å². The van der Waals surface area contributed by atoms with Crippen molar-refractivity contribution in [1.82, 2.24) is 0 Å². The van der Waals surface area contributed by atoms with E-state index in [2.05, 4.69) is 90.2 Å². The molecule has 0 aromatic rings. The van der Waals surface area contributed by atoms with Crippen molar-refractivity contribution in [2.75, 3.05) is 0 Å². The average molecular weight is 731 g/mol. The molecule has 53 heavy (non-hydrogen) atoms. The first-order valence-electron chi connectivity index (χ1n) is 18.6. The first-order chi connectivity index (χ1) is 24.7. The number of rotatable bonds is 15. The minimum Gasteiger partial charge on any atom is -0.393 e. The molecule has 292 valence electrons. The van der Waals surface area contributed by atoms with Crippen LogP contribution < -0.4 is 0 Å². The highest BCUT2D eigenvalue weighted by atomic mass is 16.7. The van der Waals surface area contributed by atoms with Crippen LogP contribution in [-0.2, 0) is 9.47 Å². The van der Waals surface area contributed by atoms with Gasteiger partial charge in [-0.1, -0.05) is 151 Å². The quantitative estimate of drug-likeness (QED) is 0.107. The fourth-order valence-corrected chi connectivity index (χ4v) is 6.10. The summed E-state index contributed by atoms with van der Waals surface area (Å²) >= 11 is 0. The van der Waals surface area contributed by atoms with E-state index in [-0.39, 0.29) is 11.5 Å². The zero-order valence-electron chi connectivity index (χ0n) is 33.8. The van der Waals surface area contributed by atoms with Crippen LogP contribution in [0.3, 0.4) is 0 Å². The van der Waals surface area contributed by atoms with Gasteiger partial charge >= 0.3 is 0 Å². The van der Waals surface area contributed by atoms with Crippen LogP contribution >= 0.6 is 0 Å². The van der Waals surface area contributed by atoms with Crippen molar-refractivity contribution < 1.29 is 35.0 Å². The SMILES string of the molecule is CC1=C(/C=C/C(C)=C/C=C/C(C)=C/C=C/C=C(C)/C=C/C=C(C)/C=C/C=C(C)/C=C/C(O[C@H]2O[C@@H](C)[C@@H](O)[C@@H](O)[C@@H]2O)C(C)(C)O)C(C)(C)CC(O)C1. The molecule has 1 heterocycles. The molecule has 7 heteroatoms. The molecule has 0 spiro atoms. The van der Waals surface area contributed by atoms with Gasteiger partial charge in [0, 0.05) is 0 Å². The summed E-state index contributed by atoms with van der Waals surface area (Å²) < 4.78 is 11.4. The minimum absolute atomic E-state index is 0.0186. The van der Waals surface area contributed by atoms with E-state index in [0.29, 0.717) is 0 Å². The van der Waals surface area contributed by atoms with E-state index in [9.17, 15) is 25.5 Å². The molecule has 1 aliphatic heterocycles. The Hall–Kier alpha value is -3.40. The molecule has 1 fully saturated rings. The monoisotopic (exact) mass is 730 g/mol. The van der Waals surface area contributed by atoms with Crippen LogP contribution in [0.15, 0.2) is 142 Å². The standard InChI is InChI=1S/C46H66O7/c1-31(17-12-13-18-32(2)20-15-23-34(4)25-27-39-36(6)29-38(47)30-45(39,8)9)19-14-21-33(3)22-16-24-35(5)26-28-40(46(10,11)51)53-44-43(50)42(49)41(48)37(7)52-44/h12-28,37-38,40-44,47-51H,29-30H2,1-11H3/b13-12+,19-14+,20-15+,22-16+,27-25+,28-26+,31-17+,32-18+,33-21+,34-23+,35-24+/t37-,38?,40?,41+,42+,43-,44+/m0/s1. The van der Waals surface area contributed by atoms with E-state index in [1.165, 1.54) is 16.7 Å². The molecule has 2 unspecified atom stereocenters. The Balaban J connectivity index is 1.90.